The number of hydrogen-bond acceptors (Lipinski definition) is 2. The zero-order valence-electron chi connectivity index (χ0n) is 12.9. The van der Waals surface area contributed by atoms with E-state index in [0.29, 0.717) is 13.1 Å². The molecule has 0 aromatic heterocycles. The Kier molecular flexibility index (Phi) is 5.37. The van der Waals surface area contributed by atoms with Crippen LogP contribution in [0.5, 0.6) is 0 Å². The van der Waals surface area contributed by atoms with Crippen LogP contribution in [0.25, 0.3) is 0 Å². The van der Waals surface area contributed by atoms with Crippen molar-refractivity contribution in [2.24, 2.45) is 0 Å². The summed E-state index contributed by atoms with van der Waals surface area (Å²) >= 11 is 0. The number of benzene rings is 1. The Morgan fingerprint density at radius 2 is 1.33 bits per heavy atom. The van der Waals surface area contributed by atoms with Crippen molar-refractivity contribution < 1.29 is 9.59 Å². The zero-order valence-corrected chi connectivity index (χ0v) is 12.9. The lowest BCUT2D eigenvalue weighted by atomic mass is 9.97. The molecule has 2 amide bonds. The molecule has 21 heavy (non-hydrogen) atoms. The van der Waals surface area contributed by atoms with Crippen molar-refractivity contribution in [2.45, 2.75) is 46.0 Å². The van der Waals surface area contributed by atoms with Crippen LogP contribution in [0.4, 0.5) is 0 Å². The Labute approximate surface area is 126 Å². The molecule has 2 rings (SSSR count). The molecule has 0 fully saturated rings. The number of carbonyl (C=O) groups excluding carboxylic acids is 2. The van der Waals surface area contributed by atoms with E-state index in [4.69, 9.17) is 0 Å². The lowest BCUT2D eigenvalue weighted by Gasteiger charge is -2.13. The van der Waals surface area contributed by atoms with E-state index in [-0.39, 0.29) is 11.8 Å². The minimum absolute atomic E-state index is 0.0180. The molecule has 0 aliphatic heterocycles. The van der Waals surface area contributed by atoms with Crippen molar-refractivity contribution in [1.29, 1.82) is 0 Å². The summed E-state index contributed by atoms with van der Waals surface area (Å²) in [4.78, 5) is 24.4. The van der Waals surface area contributed by atoms with Gasteiger partial charge in [-0.2, -0.15) is 0 Å². The van der Waals surface area contributed by atoms with Gasteiger partial charge in [0.15, 0.2) is 0 Å². The van der Waals surface area contributed by atoms with Gasteiger partial charge in [0.2, 0.25) is 0 Å². The third kappa shape index (κ3) is 3.43. The van der Waals surface area contributed by atoms with E-state index in [1.807, 2.05) is 13.8 Å². The maximum absolute atomic E-state index is 12.2. The molecule has 1 aromatic rings. The second-order valence-corrected chi connectivity index (χ2v) is 5.48. The highest BCUT2D eigenvalue weighted by molar-refractivity contribution is 6.00. The van der Waals surface area contributed by atoms with Gasteiger partial charge in [-0.05, 0) is 55.4 Å². The van der Waals surface area contributed by atoms with E-state index in [1.54, 1.807) is 12.1 Å². The Hall–Kier alpha value is -1.84. The predicted octanol–water partition coefficient (Wildman–Crippen LogP) is 2.45. The first-order valence-corrected chi connectivity index (χ1v) is 7.90. The highest BCUT2D eigenvalue weighted by Gasteiger charge is 2.24. The maximum atomic E-state index is 12.2. The first kappa shape index (κ1) is 15.5. The monoisotopic (exact) mass is 288 g/mol. The summed E-state index contributed by atoms with van der Waals surface area (Å²) in [6.45, 7) is 5.44. The molecule has 0 unspecified atom stereocenters. The SMILES string of the molecule is CCCNC(=O)c1ccc(C(=O)NCCC)c2c1CCC2. The van der Waals surface area contributed by atoms with E-state index in [9.17, 15) is 9.59 Å². The molecule has 1 aromatic carbocycles. The van der Waals surface area contributed by atoms with Gasteiger partial charge in [-0.1, -0.05) is 13.8 Å². The topological polar surface area (TPSA) is 58.2 Å². The Morgan fingerprint density at radius 3 is 1.71 bits per heavy atom. The lowest BCUT2D eigenvalue weighted by molar-refractivity contribution is 0.0940. The Balaban J connectivity index is 2.26. The van der Waals surface area contributed by atoms with Gasteiger partial charge in [0, 0.05) is 24.2 Å². The maximum Gasteiger partial charge on any atom is 0.251 e. The number of hydrogen-bond donors (Lipinski definition) is 2. The Bertz CT molecular complexity index is 491. The molecule has 4 heteroatoms. The van der Waals surface area contributed by atoms with E-state index in [1.165, 1.54) is 0 Å². The normalized spacial score (nSPS) is 12.9. The summed E-state index contributed by atoms with van der Waals surface area (Å²) in [5.41, 5.74) is 3.60. The second kappa shape index (κ2) is 7.25. The van der Waals surface area contributed by atoms with Crippen LogP contribution >= 0.6 is 0 Å². The van der Waals surface area contributed by atoms with Crippen LogP contribution in [0, 0.1) is 0 Å². The molecule has 0 saturated carbocycles. The lowest BCUT2D eigenvalue weighted by Crippen LogP contribution is -2.27. The molecular weight excluding hydrogens is 264 g/mol. The fourth-order valence-electron chi connectivity index (χ4n) is 2.80. The van der Waals surface area contributed by atoms with Crippen molar-refractivity contribution in [3.05, 3.63) is 34.4 Å². The summed E-state index contributed by atoms with van der Waals surface area (Å²) in [7, 11) is 0. The smallest absolute Gasteiger partial charge is 0.251 e. The molecule has 2 N–H and O–H groups in total. The quantitative estimate of drug-likeness (QED) is 0.844. The standard InChI is InChI=1S/C17H24N2O2/c1-3-10-18-16(20)14-8-9-15(17(21)19-11-4-2)13-7-5-6-12(13)14/h8-9H,3-7,10-11H2,1-2H3,(H,18,20)(H,19,21). The van der Waals surface area contributed by atoms with Crippen LogP contribution < -0.4 is 10.6 Å². The summed E-state index contributed by atoms with van der Waals surface area (Å²) in [5.74, 6) is -0.0361. The molecule has 4 nitrogen and oxygen atoms in total. The molecule has 0 heterocycles. The number of carbonyl (C=O) groups is 2. The van der Waals surface area contributed by atoms with Crippen molar-refractivity contribution >= 4 is 11.8 Å². The third-order valence-electron chi connectivity index (χ3n) is 3.85. The van der Waals surface area contributed by atoms with Gasteiger partial charge < -0.3 is 10.6 Å². The van der Waals surface area contributed by atoms with Crippen LogP contribution in [-0.2, 0) is 12.8 Å². The van der Waals surface area contributed by atoms with Crippen LogP contribution in [0.1, 0.15) is 65.0 Å². The molecule has 0 bridgehead atoms. The molecule has 0 radical (unpaired) electrons. The van der Waals surface area contributed by atoms with Crippen molar-refractivity contribution in [3.8, 4) is 0 Å². The molecular formula is C17H24N2O2. The van der Waals surface area contributed by atoms with Gasteiger partial charge in [-0.15, -0.1) is 0 Å². The van der Waals surface area contributed by atoms with E-state index >= 15 is 0 Å². The van der Waals surface area contributed by atoms with Gasteiger partial charge in [-0.3, -0.25) is 9.59 Å². The van der Waals surface area contributed by atoms with Gasteiger partial charge in [-0.25, -0.2) is 0 Å². The minimum Gasteiger partial charge on any atom is -0.352 e. The summed E-state index contributed by atoms with van der Waals surface area (Å²) in [5, 5.41) is 5.84. The molecule has 0 atom stereocenters. The van der Waals surface area contributed by atoms with Gasteiger partial charge in [0.25, 0.3) is 11.8 Å². The fourth-order valence-corrected chi connectivity index (χ4v) is 2.80. The summed E-state index contributed by atoms with van der Waals surface area (Å²) in [6, 6.07) is 3.60. The first-order chi connectivity index (χ1) is 10.2. The third-order valence-corrected chi connectivity index (χ3v) is 3.85. The van der Waals surface area contributed by atoms with Gasteiger partial charge in [0.05, 0.1) is 0 Å². The number of nitrogens with one attached hydrogen (secondary N) is 2. The Morgan fingerprint density at radius 1 is 0.905 bits per heavy atom. The molecule has 114 valence electrons. The van der Waals surface area contributed by atoms with E-state index in [2.05, 4.69) is 10.6 Å². The summed E-state index contributed by atoms with van der Waals surface area (Å²) in [6.07, 6.45) is 4.64. The van der Waals surface area contributed by atoms with Crippen LogP contribution in [0.3, 0.4) is 0 Å². The van der Waals surface area contributed by atoms with Crippen LogP contribution in [0.2, 0.25) is 0 Å². The molecule has 1 aliphatic carbocycles. The summed E-state index contributed by atoms with van der Waals surface area (Å²) < 4.78 is 0. The fraction of sp³-hybridized carbons (Fsp3) is 0.529. The second-order valence-electron chi connectivity index (χ2n) is 5.48. The number of fused-ring (bicyclic) bond motifs is 1. The van der Waals surface area contributed by atoms with E-state index in [0.717, 1.165) is 54.4 Å². The zero-order chi connectivity index (χ0) is 15.2. The predicted molar refractivity (Wildman–Crippen MR) is 83.7 cm³/mol. The highest BCUT2D eigenvalue weighted by Crippen LogP contribution is 2.28. The highest BCUT2D eigenvalue weighted by atomic mass is 16.2. The van der Waals surface area contributed by atoms with E-state index < -0.39 is 0 Å². The van der Waals surface area contributed by atoms with Crippen molar-refractivity contribution in [1.82, 2.24) is 10.6 Å². The average molecular weight is 288 g/mol. The van der Waals surface area contributed by atoms with Crippen LogP contribution in [0.15, 0.2) is 12.1 Å². The van der Waals surface area contributed by atoms with Crippen molar-refractivity contribution in [3.63, 3.8) is 0 Å². The minimum atomic E-state index is -0.0180. The van der Waals surface area contributed by atoms with Crippen molar-refractivity contribution in [2.75, 3.05) is 13.1 Å². The average Bonchev–Trinajstić information content (AvgIpc) is 2.98. The van der Waals surface area contributed by atoms with Crippen LogP contribution in [-0.4, -0.2) is 24.9 Å². The largest absolute Gasteiger partial charge is 0.352 e. The molecule has 0 saturated heterocycles. The number of rotatable bonds is 6. The first-order valence-electron chi connectivity index (χ1n) is 7.90. The molecule has 0 spiro atoms. The molecule has 1 aliphatic rings. The van der Waals surface area contributed by atoms with Gasteiger partial charge >= 0.3 is 0 Å². The number of amides is 2. The van der Waals surface area contributed by atoms with Gasteiger partial charge in [0.1, 0.15) is 0 Å².